The van der Waals surface area contributed by atoms with Crippen molar-refractivity contribution in [3.63, 3.8) is 0 Å². The third-order valence-corrected chi connectivity index (χ3v) is 7.94. The van der Waals surface area contributed by atoms with Gasteiger partial charge >= 0.3 is 0 Å². The van der Waals surface area contributed by atoms with Crippen molar-refractivity contribution in [2.45, 2.75) is 13.8 Å². The molecule has 6 N–H and O–H groups in total. The number of nitrogens with two attached hydrogens (primary N) is 3. The quantitative estimate of drug-likeness (QED) is 0.0427. The first-order valence-electron chi connectivity index (χ1n) is 13.6. The summed E-state index contributed by atoms with van der Waals surface area (Å²) in [6, 6.07) is 24.5. The van der Waals surface area contributed by atoms with E-state index in [1.807, 2.05) is 79.8 Å². The summed E-state index contributed by atoms with van der Waals surface area (Å²) in [5.74, 6) is 1.05. The van der Waals surface area contributed by atoms with Crippen molar-refractivity contribution < 1.29 is 0 Å². The van der Waals surface area contributed by atoms with Gasteiger partial charge in [0.2, 0.25) is 0 Å². The minimum absolute atomic E-state index is 0.788. The molecular weight excluding hydrogens is 553 g/mol. The van der Waals surface area contributed by atoms with Crippen molar-refractivity contribution in [3.8, 4) is 0 Å². The second-order valence-electron chi connectivity index (χ2n) is 9.15. The summed E-state index contributed by atoms with van der Waals surface area (Å²) < 4.78 is 4.24. The van der Waals surface area contributed by atoms with Crippen molar-refractivity contribution in [1.29, 1.82) is 0 Å². The molecule has 0 amide bonds. The Labute approximate surface area is 257 Å². The molecule has 4 aromatic rings. The van der Waals surface area contributed by atoms with E-state index in [2.05, 4.69) is 66.5 Å². The highest BCUT2D eigenvalue weighted by molar-refractivity contribution is 8.76. The molecule has 0 bridgehead atoms. The van der Waals surface area contributed by atoms with E-state index in [4.69, 9.17) is 17.2 Å². The molecule has 0 aliphatic heterocycles. The maximum Gasteiger partial charge on any atom is 0.0434 e. The number of rotatable bonds is 10. The molecule has 0 spiro atoms. The smallest absolute Gasteiger partial charge is 0.0434 e. The van der Waals surface area contributed by atoms with Crippen molar-refractivity contribution in [2.24, 2.45) is 10.1 Å². The number of nitrogens with zero attached hydrogens (tertiary/aromatic N) is 1. The highest BCUT2D eigenvalue weighted by Gasteiger charge is 1.97. The molecule has 0 radical (unpaired) electrons. The first-order chi connectivity index (χ1) is 20.4. The van der Waals surface area contributed by atoms with Gasteiger partial charge in [0.15, 0.2) is 0 Å². The van der Waals surface area contributed by atoms with Crippen molar-refractivity contribution in [1.82, 2.24) is 0 Å². The second kappa shape index (κ2) is 17.4. The normalized spacial score (nSPS) is 12.6. The van der Waals surface area contributed by atoms with E-state index < -0.39 is 0 Å². The zero-order valence-corrected chi connectivity index (χ0v) is 25.7. The van der Waals surface area contributed by atoms with Gasteiger partial charge in [-0.2, -0.15) is 0 Å². The van der Waals surface area contributed by atoms with E-state index in [1.54, 1.807) is 23.2 Å². The van der Waals surface area contributed by atoms with Gasteiger partial charge in [-0.05, 0) is 105 Å². The Balaban J connectivity index is 0.000000235. The van der Waals surface area contributed by atoms with Gasteiger partial charge in [0, 0.05) is 34.3 Å². The van der Waals surface area contributed by atoms with E-state index in [1.165, 1.54) is 21.8 Å². The van der Waals surface area contributed by atoms with Gasteiger partial charge in [-0.15, -0.1) is 0 Å². The molecule has 0 atom stereocenters. The lowest BCUT2D eigenvalue weighted by Gasteiger charge is -2.01. The first-order valence-corrected chi connectivity index (χ1v) is 15.9. The van der Waals surface area contributed by atoms with Crippen LogP contribution in [0.25, 0.3) is 33.7 Å². The molecular formula is C36H38N4S2. The van der Waals surface area contributed by atoms with Gasteiger partial charge < -0.3 is 17.2 Å². The van der Waals surface area contributed by atoms with E-state index in [0.717, 1.165) is 50.2 Å². The minimum atomic E-state index is 0.788. The predicted octanol–water partition coefficient (Wildman–Crippen LogP) is 9.79. The van der Waals surface area contributed by atoms with Gasteiger partial charge in [0.05, 0.1) is 0 Å². The maximum atomic E-state index is 5.81. The molecule has 0 aromatic heterocycles. The fourth-order valence-corrected chi connectivity index (χ4v) is 4.86. The fraction of sp³-hybridized carbons (Fsp3) is 0.0833. The number of hydrogen-bond acceptors (Lipinski definition) is 6. The second-order valence-corrected chi connectivity index (χ2v) is 11.5. The number of fused-ring (bicyclic) bond motifs is 2. The topological polar surface area (TPSA) is 90.4 Å². The zero-order valence-electron chi connectivity index (χ0n) is 24.1. The maximum absolute atomic E-state index is 5.81. The predicted molar refractivity (Wildman–Crippen MR) is 194 cm³/mol. The molecule has 0 saturated carbocycles. The summed E-state index contributed by atoms with van der Waals surface area (Å²) in [5.41, 5.74) is 23.0. The molecule has 0 aliphatic carbocycles. The lowest BCUT2D eigenvalue weighted by atomic mass is 10.1. The van der Waals surface area contributed by atoms with Crippen molar-refractivity contribution in [3.05, 3.63) is 144 Å². The Morgan fingerprint density at radius 1 is 0.762 bits per heavy atom. The summed E-state index contributed by atoms with van der Waals surface area (Å²) in [4.78, 5) is 0. The van der Waals surface area contributed by atoms with Crippen LogP contribution in [-0.2, 0) is 0 Å². The summed E-state index contributed by atoms with van der Waals surface area (Å²) >= 11 is 0. The van der Waals surface area contributed by atoms with E-state index in [0.29, 0.717) is 0 Å². The molecule has 0 heterocycles. The molecule has 4 nitrogen and oxygen atoms in total. The zero-order chi connectivity index (χ0) is 30.2. The van der Waals surface area contributed by atoms with Crippen LogP contribution >= 0.6 is 21.8 Å². The third-order valence-electron chi connectivity index (χ3n) is 6.11. The van der Waals surface area contributed by atoms with Crippen LogP contribution in [-0.4, -0.2) is 12.0 Å². The number of nitrogen functional groups attached to an aromatic ring is 2. The van der Waals surface area contributed by atoms with Gasteiger partial charge in [-0.25, -0.2) is 4.40 Å². The average Bonchev–Trinajstić information content (AvgIpc) is 3.00. The van der Waals surface area contributed by atoms with Crippen molar-refractivity contribution >= 4 is 73.1 Å². The van der Waals surface area contributed by atoms with Gasteiger partial charge in [0.25, 0.3) is 0 Å². The monoisotopic (exact) mass is 590 g/mol. The number of hydrogen-bond donors (Lipinski definition) is 3. The molecule has 42 heavy (non-hydrogen) atoms. The first kappa shape index (κ1) is 32.1. The molecule has 4 rings (SSSR count). The van der Waals surface area contributed by atoms with Crippen LogP contribution in [0.5, 0.6) is 0 Å². The SMILES string of the molecule is C/C=C(\C=C/N)/C=C/c1ccc2cc(N)ccc2c1.C=CC(/C=C/c1ccc2cc(N)ccc2c1)=C\C=N\SSCC. The summed E-state index contributed by atoms with van der Waals surface area (Å²) in [7, 11) is 3.21. The van der Waals surface area contributed by atoms with Gasteiger partial charge in [0.1, 0.15) is 0 Å². The summed E-state index contributed by atoms with van der Waals surface area (Å²) in [5, 5.41) is 4.68. The molecule has 0 unspecified atom stereocenters. The van der Waals surface area contributed by atoms with Crippen LogP contribution in [0.3, 0.4) is 0 Å². The van der Waals surface area contributed by atoms with Crippen molar-refractivity contribution in [2.75, 3.05) is 17.2 Å². The summed E-state index contributed by atoms with van der Waals surface area (Å²) in [6.07, 6.45) is 19.2. The fourth-order valence-electron chi connectivity index (χ4n) is 3.93. The lowest BCUT2D eigenvalue weighted by molar-refractivity contribution is 1.53. The van der Waals surface area contributed by atoms with Gasteiger partial charge in [-0.1, -0.05) is 97.2 Å². The Morgan fingerprint density at radius 2 is 1.29 bits per heavy atom. The van der Waals surface area contributed by atoms with E-state index >= 15 is 0 Å². The molecule has 0 fully saturated rings. The number of benzene rings is 4. The average molecular weight is 591 g/mol. The molecule has 4 aromatic carbocycles. The highest BCUT2D eigenvalue weighted by Crippen LogP contribution is 2.22. The number of allylic oxidation sites excluding steroid dienone is 8. The molecule has 6 heteroatoms. The molecule has 0 aliphatic rings. The highest BCUT2D eigenvalue weighted by atomic mass is 33.1. The lowest BCUT2D eigenvalue weighted by Crippen LogP contribution is -1.84. The minimum Gasteiger partial charge on any atom is -0.405 e. The summed E-state index contributed by atoms with van der Waals surface area (Å²) in [6.45, 7) is 7.94. The standard InChI is InChI=1S/C19H20N2S2.C17H18N2/c1-3-15(11-12-21-23-22-4-2)5-6-16-7-8-18-14-19(20)10-9-17(18)13-16;1-2-13(9-10-18)3-4-14-5-6-16-12-17(19)8-7-15(16)11-14/h3,5-14H,1,4,20H2,2H3;2-12H,18-19H2,1H3/b6-5+,15-11+,21-12+;4-3+,10-9-,13-2-. The Bertz CT molecular complexity index is 1680. The van der Waals surface area contributed by atoms with Crippen LogP contribution in [0.15, 0.2) is 138 Å². The van der Waals surface area contributed by atoms with Crippen LogP contribution < -0.4 is 17.2 Å². The Morgan fingerprint density at radius 3 is 1.79 bits per heavy atom. The molecule has 214 valence electrons. The Kier molecular flexibility index (Phi) is 13.3. The van der Waals surface area contributed by atoms with Crippen LogP contribution in [0.4, 0.5) is 11.4 Å². The van der Waals surface area contributed by atoms with E-state index in [9.17, 15) is 0 Å². The van der Waals surface area contributed by atoms with Crippen LogP contribution in [0.2, 0.25) is 0 Å². The van der Waals surface area contributed by atoms with Gasteiger partial charge in [-0.3, -0.25) is 0 Å². The largest absolute Gasteiger partial charge is 0.405 e. The Hall–Kier alpha value is -4.39. The van der Waals surface area contributed by atoms with E-state index in [-0.39, 0.29) is 0 Å². The van der Waals surface area contributed by atoms with Crippen LogP contribution in [0, 0.1) is 0 Å². The molecule has 0 saturated heterocycles. The number of anilines is 2. The van der Waals surface area contributed by atoms with Crippen LogP contribution in [0.1, 0.15) is 25.0 Å². The third kappa shape index (κ3) is 10.5.